The zero-order valence-electron chi connectivity index (χ0n) is 37.6. The molecular formula is C54H54N8O6. The van der Waals surface area contributed by atoms with E-state index in [1.165, 1.54) is 4.90 Å². The fourth-order valence-electron chi connectivity index (χ4n) is 11.2. The first-order chi connectivity index (χ1) is 33.3. The lowest BCUT2D eigenvalue weighted by Gasteiger charge is -2.42. The van der Waals surface area contributed by atoms with Gasteiger partial charge >= 0.3 is 12.2 Å². The van der Waals surface area contributed by atoms with E-state index in [4.69, 9.17) is 14.7 Å². The number of likely N-dealkylation sites (tertiary alicyclic amines) is 2. The highest BCUT2D eigenvalue weighted by Gasteiger charge is 2.58. The molecule has 2 aromatic heterocycles. The van der Waals surface area contributed by atoms with Crippen LogP contribution in [0.5, 0.6) is 0 Å². The molecule has 8 atom stereocenters. The number of amides is 4. The van der Waals surface area contributed by atoms with Gasteiger partial charge in [-0.1, -0.05) is 109 Å². The van der Waals surface area contributed by atoms with E-state index in [1.54, 1.807) is 0 Å². The van der Waals surface area contributed by atoms with Crippen molar-refractivity contribution in [3.8, 4) is 33.6 Å². The SMILES string of the molecule is O=C(N[C@@H](C(=O)N1[C@@H]2C[C@@H]2C[C@H]1c1ncc(-c2ccc(-c3ccc(-c4c[nH]c([C@@H]5C[C@H]6C[C@H]6N5C(=O)[C@@H](c5ccccc5)N(C(=O)O)C5CCC5)n4)cc3)cc2)[nH]1)c1ccccc1)OC1CCC1. The van der Waals surface area contributed by atoms with Gasteiger partial charge in [-0.25, -0.2) is 19.6 Å². The molecular weight excluding hydrogens is 857 g/mol. The highest BCUT2D eigenvalue weighted by molar-refractivity contribution is 5.89. The third-order valence-corrected chi connectivity index (χ3v) is 15.5. The number of benzene rings is 4. The Hall–Kier alpha value is -7.22. The van der Waals surface area contributed by atoms with Crippen LogP contribution in [0, 0.1) is 11.8 Å². The molecule has 346 valence electrons. The average Bonchev–Trinajstić information content (AvgIpc) is 3.91. The minimum absolute atomic E-state index is 0.0842. The lowest BCUT2D eigenvalue weighted by atomic mass is 9.89. The highest BCUT2D eigenvalue weighted by Crippen LogP contribution is 2.55. The van der Waals surface area contributed by atoms with E-state index in [2.05, 4.69) is 63.8 Å². The van der Waals surface area contributed by atoms with E-state index in [9.17, 15) is 24.3 Å². The molecule has 4 N–H and O–H groups in total. The average molecular weight is 911 g/mol. The van der Waals surface area contributed by atoms with E-state index in [0.717, 1.165) is 115 Å². The Morgan fingerprint density at radius 1 is 0.676 bits per heavy atom. The summed E-state index contributed by atoms with van der Waals surface area (Å²) in [6.07, 6.45) is 10.7. The van der Waals surface area contributed by atoms with Crippen molar-refractivity contribution in [3.63, 3.8) is 0 Å². The van der Waals surface area contributed by atoms with Gasteiger partial charge < -0.3 is 34.9 Å². The first-order valence-corrected chi connectivity index (χ1v) is 24.3. The Balaban J connectivity index is 0.725. The summed E-state index contributed by atoms with van der Waals surface area (Å²) >= 11 is 0. The van der Waals surface area contributed by atoms with Crippen molar-refractivity contribution in [1.82, 2.24) is 40.0 Å². The normalized spacial score (nSPS) is 24.5. The maximum atomic E-state index is 14.7. The van der Waals surface area contributed by atoms with Crippen molar-refractivity contribution in [2.75, 3.05) is 0 Å². The van der Waals surface area contributed by atoms with E-state index in [-0.39, 0.29) is 48.1 Å². The van der Waals surface area contributed by atoms with Crippen LogP contribution in [0.25, 0.3) is 33.6 Å². The van der Waals surface area contributed by atoms with Crippen LogP contribution < -0.4 is 5.32 Å². The molecule has 14 nitrogen and oxygen atoms in total. The number of hydrogen-bond acceptors (Lipinski definition) is 7. The van der Waals surface area contributed by atoms with Crippen LogP contribution in [-0.2, 0) is 14.3 Å². The van der Waals surface area contributed by atoms with Crippen LogP contribution in [0.1, 0.15) is 111 Å². The predicted molar refractivity (Wildman–Crippen MR) is 252 cm³/mol. The number of fused-ring (bicyclic) bond motifs is 2. The van der Waals surface area contributed by atoms with Gasteiger partial charge in [0, 0.05) is 29.9 Å². The number of carbonyl (C=O) groups is 4. The number of hydrogen-bond donors (Lipinski definition) is 4. The van der Waals surface area contributed by atoms with Gasteiger partial charge in [-0.2, -0.15) is 0 Å². The predicted octanol–water partition coefficient (Wildman–Crippen LogP) is 9.75. The van der Waals surface area contributed by atoms with Gasteiger partial charge in [0.2, 0.25) is 0 Å². The van der Waals surface area contributed by atoms with Crippen LogP contribution in [0.4, 0.5) is 9.59 Å². The van der Waals surface area contributed by atoms with Crippen LogP contribution in [0.15, 0.2) is 122 Å². The van der Waals surface area contributed by atoms with Crippen LogP contribution >= 0.6 is 0 Å². The molecule has 68 heavy (non-hydrogen) atoms. The molecule has 14 heteroatoms. The van der Waals surface area contributed by atoms with Gasteiger partial charge in [0.25, 0.3) is 11.8 Å². The molecule has 4 saturated carbocycles. The maximum absolute atomic E-state index is 14.7. The van der Waals surface area contributed by atoms with E-state index in [1.807, 2.05) is 82.9 Å². The van der Waals surface area contributed by atoms with Gasteiger partial charge in [0.05, 0.1) is 29.7 Å². The number of carbonyl (C=O) groups excluding carboxylic acids is 3. The molecule has 4 aliphatic carbocycles. The van der Waals surface area contributed by atoms with Crippen molar-refractivity contribution in [3.05, 3.63) is 144 Å². The smallest absolute Gasteiger partial charge is 0.408 e. The molecule has 4 heterocycles. The van der Waals surface area contributed by atoms with Crippen molar-refractivity contribution >= 4 is 24.0 Å². The van der Waals surface area contributed by atoms with Crippen molar-refractivity contribution in [2.24, 2.45) is 11.8 Å². The molecule has 4 aromatic carbocycles. The second kappa shape index (κ2) is 17.1. The summed E-state index contributed by atoms with van der Waals surface area (Å²) in [7, 11) is 0. The van der Waals surface area contributed by atoms with E-state index >= 15 is 0 Å². The third kappa shape index (κ3) is 7.78. The van der Waals surface area contributed by atoms with Crippen LogP contribution in [0.2, 0.25) is 0 Å². The molecule has 2 saturated heterocycles. The number of aromatic nitrogens is 4. The molecule has 6 fully saturated rings. The number of alkyl carbamates (subject to hydrolysis) is 1. The van der Waals surface area contributed by atoms with Crippen molar-refractivity contribution < 1.29 is 29.0 Å². The fraction of sp³-hybridized carbons (Fsp3) is 0.370. The van der Waals surface area contributed by atoms with Gasteiger partial charge in [0.15, 0.2) is 0 Å². The minimum Gasteiger partial charge on any atom is -0.465 e. The van der Waals surface area contributed by atoms with Gasteiger partial charge in [-0.05, 0) is 104 Å². The van der Waals surface area contributed by atoms with E-state index < -0.39 is 24.3 Å². The van der Waals surface area contributed by atoms with Gasteiger partial charge in [-0.3, -0.25) is 14.5 Å². The second-order valence-corrected chi connectivity index (χ2v) is 19.7. The number of carboxylic acid groups (broad SMARTS) is 1. The Labute approximate surface area is 394 Å². The summed E-state index contributed by atoms with van der Waals surface area (Å²) in [6, 6.07) is 33.1. The molecule has 4 amide bonds. The molecule has 0 spiro atoms. The number of rotatable bonds is 13. The number of ether oxygens (including phenoxy) is 1. The lowest BCUT2D eigenvalue weighted by molar-refractivity contribution is -0.140. The quantitative estimate of drug-likeness (QED) is 0.0885. The number of imidazole rings is 2. The molecule has 6 aromatic rings. The molecule has 6 aliphatic rings. The van der Waals surface area contributed by atoms with Gasteiger partial charge in [0.1, 0.15) is 29.8 Å². The molecule has 2 aliphatic heterocycles. The summed E-state index contributed by atoms with van der Waals surface area (Å²) in [6.45, 7) is 0. The summed E-state index contributed by atoms with van der Waals surface area (Å²) in [5, 5.41) is 13.3. The summed E-state index contributed by atoms with van der Waals surface area (Å²) in [5.41, 5.74) is 7.08. The lowest BCUT2D eigenvalue weighted by Crippen LogP contribution is -2.52. The molecule has 0 radical (unpaired) electrons. The number of aromatic amines is 2. The van der Waals surface area contributed by atoms with Crippen LogP contribution in [0.3, 0.4) is 0 Å². The Bertz CT molecular complexity index is 2840. The van der Waals surface area contributed by atoms with E-state index in [0.29, 0.717) is 17.4 Å². The topological polar surface area (TPSA) is 177 Å². The Morgan fingerprint density at radius 3 is 1.84 bits per heavy atom. The third-order valence-electron chi connectivity index (χ3n) is 15.5. The first kappa shape index (κ1) is 42.2. The summed E-state index contributed by atoms with van der Waals surface area (Å²) in [5.74, 6) is 1.92. The summed E-state index contributed by atoms with van der Waals surface area (Å²) < 4.78 is 5.61. The minimum atomic E-state index is -1.06. The maximum Gasteiger partial charge on any atom is 0.408 e. The Kier molecular flexibility index (Phi) is 10.6. The molecule has 0 unspecified atom stereocenters. The number of H-pyrrole nitrogens is 2. The first-order valence-electron chi connectivity index (χ1n) is 24.3. The molecule has 0 bridgehead atoms. The highest BCUT2D eigenvalue weighted by atomic mass is 16.6. The van der Waals surface area contributed by atoms with Crippen molar-refractivity contribution in [2.45, 2.75) is 113 Å². The Morgan fingerprint density at radius 2 is 1.25 bits per heavy atom. The summed E-state index contributed by atoms with van der Waals surface area (Å²) in [4.78, 5) is 76.9. The fourth-order valence-corrected chi connectivity index (χ4v) is 11.2. The second-order valence-electron chi connectivity index (χ2n) is 19.7. The number of nitrogens with zero attached hydrogens (tertiary/aromatic N) is 5. The standard InChI is InChI=1S/C54H54N8O6/c63-51(47(35-9-3-1-4-10-35)59-53(65)68-40-15-8-16-40)61-43-25-37(43)27-45(61)49-55-29-41(57-49)33-21-17-31(18-22-33)32-19-23-34(24-20-32)42-30-56-50(58-42)46-28-38-26-44(38)62(46)52(64)48(36-11-5-2-6-12-36)60(54(66)67)39-13-7-14-39/h1-6,9-12,17-24,29-30,37-40,43-48H,7-8,13-16,25-28H2,(H,55,57)(H,56,58)(H,59,65)(H,66,67)/t37-,38-,43-,44-,45+,46+,47-,48-/m1/s1. The number of piperidine rings is 2. The largest absolute Gasteiger partial charge is 0.465 e. The zero-order valence-corrected chi connectivity index (χ0v) is 37.6. The zero-order chi connectivity index (χ0) is 46.0. The van der Waals surface area contributed by atoms with Gasteiger partial charge in [-0.15, -0.1) is 0 Å². The molecule has 12 rings (SSSR count). The number of nitrogens with one attached hydrogen (secondary N) is 3. The van der Waals surface area contributed by atoms with Crippen LogP contribution in [-0.4, -0.2) is 88.0 Å². The monoisotopic (exact) mass is 910 g/mol. The van der Waals surface area contributed by atoms with Crippen molar-refractivity contribution in [1.29, 1.82) is 0 Å².